The maximum atomic E-state index is 13.4. The predicted molar refractivity (Wildman–Crippen MR) is 68.9 cm³/mol. The molecule has 4 heteroatoms. The molecule has 0 saturated carbocycles. The second-order valence-electron chi connectivity index (χ2n) is 4.20. The number of methoxy groups -OCH3 is 1. The zero-order valence-corrected chi connectivity index (χ0v) is 10.8. The van der Waals surface area contributed by atoms with Crippen molar-refractivity contribution in [1.82, 2.24) is 5.32 Å². The minimum atomic E-state index is -0.182. The van der Waals surface area contributed by atoms with E-state index in [0.29, 0.717) is 5.69 Å². The maximum absolute atomic E-state index is 13.4. The molecule has 0 aliphatic rings. The summed E-state index contributed by atoms with van der Waals surface area (Å²) >= 11 is 0. The minimum absolute atomic E-state index is 0.182. The van der Waals surface area contributed by atoms with Gasteiger partial charge in [0.25, 0.3) is 0 Å². The number of nitrogens with one attached hydrogen (secondary N) is 1. The van der Waals surface area contributed by atoms with Crippen LogP contribution in [0, 0.1) is 5.82 Å². The van der Waals surface area contributed by atoms with Crippen molar-refractivity contribution in [3.63, 3.8) is 0 Å². The largest absolute Gasteiger partial charge is 0.385 e. The highest BCUT2D eigenvalue weighted by molar-refractivity contribution is 5.48. The van der Waals surface area contributed by atoms with Crippen molar-refractivity contribution in [2.24, 2.45) is 0 Å². The van der Waals surface area contributed by atoms with Crippen LogP contribution in [-0.2, 0) is 11.3 Å². The maximum Gasteiger partial charge on any atom is 0.146 e. The van der Waals surface area contributed by atoms with Crippen molar-refractivity contribution in [3.8, 4) is 0 Å². The van der Waals surface area contributed by atoms with Gasteiger partial charge in [-0.2, -0.15) is 0 Å². The monoisotopic (exact) mass is 240 g/mol. The van der Waals surface area contributed by atoms with E-state index in [4.69, 9.17) is 4.74 Å². The summed E-state index contributed by atoms with van der Waals surface area (Å²) in [6, 6.07) is 5.20. The standard InChI is InChI=1S/C13H21FN2O/c1-16(2)13-9-11(5-6-12(13)14)10-15-7-4-8-17-3/h5-6,9,15H,4,7-8,10H2,1-3H3. The molecule has 0 bridgehead atoms. The van der Waals surface area contributed by atoms with Gasteiger partial charge in [-0.15, -0.1) is 0 Å². The molecule has 3 nitrogen and oxygen atoms in total. The summed E-state index contributed by atoms with van der Waals surface area (Å²) in [5.41, 5.74) is 1.72. The summed E-state index contributed by atoms with van der Waals surface area (Å²) in [5.74, 6) is -0.182. The highest BCUT2D eigenvalue weighted by Crippen LogP contribution is 2.18. The minimum Gasteiger partial charge on any atom is -0.385 e. The molecule has 96 valence electrons. The van der Waals surface area contributed by atoms with Crippen LogP contribution in [-0.4, -0.2) is 34.4 Å². The number of rotatable bonds is 7. The molecule has 17 heavy (non-hydrogen) atoms. The normalized spacial score (nSPS) is 10.6. The first kappa shape index (κ1) is 13.9. The van der Waals surface area contributed by atoms with Gasteiger partial charge in [-0.3, -0.25) is 0 Å². The van der Waals surface area contributed by atoms with Crippen molar-refractivity contribution < 1.29 is 9.13 Å². The molecule has 0 unspecified atom stereocenters. The number of nitrogens with zero attached hydrogens (tertiary/aromatic N) is 1. The van der Waals surface area contributed by atoms with Gasteiger partial charge >= 0.3 is 0 Å². The Balaban J connectivity index is 2.46. The molecule has 0 amide bonds. The number of benzene rings is 1. The van der Waals surface area contributed by atoms with Gasteiger partial charge in [0, 0.05) is 34.4 Å². The van der Waals surface area contributed by atoms with E-state index in [9.17, 15) is 4.39 Å². The van der Waals surface area contributed by atoms with Crippen molar-refractivity contribution in [2.45, 2.75) is 13.0 Å². The third-order valence-corrected chi connectivity index (χ3v) is 2.52. The van der Waals surface area contributed by atoms with Gasteiger partial charge < -0.3 is 15.0 Å². The molecule has 0 heterocycles. The molecule has 0 fully saturated rings. The summed E-state index contributed by atoms with van der Waals surface area (Å²) in [7, 11) is 5.38. The second-order valence-corrected chi connectivity index (χ2v) is 4.20. The van der Waals surface area contributed by atoms with Crippen LogP contribution in [0.1, 0.15) is 12.0 Å². The van der Waals surface area contributed by atoms with E-state index in [-0.39, 0.29) is 5.82 Å². The third kappa shape index (κ3) is 4.71. The average Bonchev–Trinajstić information content (AvgIpc) is 2.30. The molecule has 0 spiro atoms. The first-order valence-electron chi connectivity index (χ1n) is 5.80. The van der Waals surface area contributed by atoms with E-state index in [0.717, 1.165) is 31.7 Å². The first-order chi connectivity index (χ1) is 8.15. The first-order valence-corrected chi connectivity index (χ1v) is 5.80. The summed E-state index contributed by atoms with van der Waals surface area (Å²) in [5, 5.41) is 3.30. The molecule has 1 aromatic rings. The second kappa shape index (κ2) is 7.25. The van der Waals surface area contributed by atoms with Gasteiger partial charge in [-0.25, -0.2) is 4.39 Å². The molecule has 1 rings (SSSR count). The Bertz CT molecular complexity index is 342. The van der Waals surface area contributed by atoms with E-state index >= 15 is 0 Å². The molecule has 0 aliphatic heterocycles. The number of anilines is 1. The quantitative estimate of drug-likeness (QED) is 0.738. The Morgan fingerprint density at radius 1 is 1.35 bits per heavy atom. The predicted octanol–water partition coefficient (Wildman–Crippen LogP) is 2.02. The van der Waals surface area contributed by atoms with Crippen LogP contribution in [0.3, 0.4) is 0 Å². The summed E-state index contributed by atoms with van der Waals surface area (Å²) < 4.78 is 18.4. The fourth-order valence-corrected chi connectivity index (χ4v) is 1.59. The molecule has 0 atom stereocenters. The molecule has 0 radical (unpaired) electrons. The van der Waals surface area contributed by atoms with Gasteiger partial charge in [0.05, 0.1) is 5.69 Å². The van der Waals surface area contributed by atoms with Gasteiger partial charge in [-0.1, -0.05) is 6.07 Å². The zero-order valence-electron chi connectivity index (χ0n) is 10.8. The molecule has 0 aromatic heterocycles. The molecule has 0 saturated heterocycles. The fourth-order valence-electron chi connectivity index (χ4n) is 1.59. The Morgan fingerprint density at radius 3 is 2.76 bits per heavy atom. The third-order valence-electron chi connectivity index (χ3n) is 2.52. The van der Waals surface area contributed by atoms with Crippen LogP contribution in [0.5, 0.6) is 0 Å². The van der Waals surface area contributed by atoms with E-state index in [1.54, 1.807) is 12.0 Å². The topological polar surface area (TPSA) is 24.5 Å². The van der Waals surface area contributed by atoms with Crippen molar-refractivity contribution in [3.05, 3.63) is 29.6 Å². The summed E-state index contributed by atoms with van der Waals surface area (Å²) in [6.07, 6.45) is 0.984. The van der Waals surface area contributed by atoms with E-state index in [2.05, 4.69) is 5.32 Å². The molecule has 1 aromatic carbocycles. The van der Waals surface area contributed by atoms with Crippen molar-refractivity contribution >= 4 is 5.69 Å². The van der Waals surface area contributed by atoms with E-state index < -0.39 is 0 Å². The van der Waals surface area contributed by atoms with Crippen LogP contribution in [0.15, 0.2) is 18.2 Å². The van der Waals surface area contributed by atoms with E-state index in [1.807, 2.05) is 26.2 Å². The highest BCUT2D eigenvalue weighted by atomic mass is 19.1. The van der Waals surface area contributed by atoms with Gasteiger partial charge in [0.1, 0.15) is 5.82 Å². The lowest BCUT2D eigenvalue weighted by Crippen LogP contribution is -2.17. The van der Waals surface area contributed by atoms with Gasteiger partial charge in [0.15, 0.2) is 0 Å². The molecular formula is C13H21FN2O. The smallest absolute Gasteiger partial charge is 0.146 e. The van der Waals surface area contributed by atoms with Crippen LogP contribution in [0.2, 0.25) is 0 Å². The van der Waals surface area contributed by atoms with E-state index in [1.165, 1.54) is 6.07 Å². The molecule has 0 aliphatic carbocycles. The Labute approximate surface area is 103 Å². The Hall–Kier alpha value is -1.13. The Kier molecular flexibility index (Phi) is 5.94. The highest BCUT2D eigenvalue weighted by Gasteiger charge is 2.04. The number of ether oxygens (including phenoxy) is 1. The fraction of sp³-hybridized carbons (Fsp3) is 0.538. The van der Waals surface area contributed by atoms with Crippen molar-refractivity contribution in [2.75, 3.05) is 39.3 Å². The lowest BCUT2D eigenvalue weighted by Gasteiger charge is -2.15. The lowest BCUT2D eigenvalue weighted by molar-refractivity contribution is 0.194. The zero-order chi connectivity index (χ0) is 12.7. The summed E-state index contributed by atoms with van der Waals surface area (Å²) in [6.45, 7) is 2.42. The van der Waals surface area contributed by atoms with Crippen LogP contribution >= 0.6 is 0 Å². The number of hydrogen-bond acceptors (Lipinski definition) is 3. The van der Waals surface area contributed by atoms with Gasteiger partial charge in [-0.05, 0) is 30.7 Å². The Morgan fingerprint density at radius 2 is 2.12 bits per heavy atom. The summed E-state index contributed by atoms with van der Waals surface area (Å²) in [4.78, 5) is 1.78. The van der Waals surface area contributed by atoms with Crippen LogP contribution < -0.4 is 10.2 Å². The van der Waals surface area contributed by atoms with Crippen molar-refractivity contribution in [1.29, 1.82) is 0 Å². The molecule has 1 N–H and O–H groups in total. The average molecular weight is 240 g/mol. The van der Waals surface area contributed by atoms with Crippen LogP contribution in [0.4, 0.5) is 10.1 Å². The molecular weight excluding hydrogens is 219 g/mol. The lowest BCUT2D eigenvalue weighted by atomic mass is 10.2. The van der Waals surface area contributed by atoms with Gasteiger partial charge in [0.2, 0.25) is 0 Å². The number of hydrogen-bond donors (Lipinski definition) is 1. The number of halogens is 1. The van der Waals surface area contributed by atoms with Crippen LogP contribution in [0.25, 0.3) is 0 Å². The SMILES string of the molecule is COCCCNCc1ccc(F)c(N(C)C)c1.